The average Bonchev–Trinajstić information content (AvgIpc) is 2.36. The van der Waals surface area contributed by atoms with Gasteiger partial charge in [-0.2, -0.15) is 0 Å². The molecule has 0 aliphatic carbocycles. The van der Waals surface area contributed by atoms with Crippen molar-refractivity contribution in [3.05, 3.63) is 40.2 Å². The maximum absolute atomic E-state index is 12.6. The Bertz CT molecular complexity index is 558. The molecule has 1 aliphatic heterocycles. The zero-order valence-electron chi connectivity index (χ0n) is 12.5. The summed E-state index contributed by atoms with van der Waals surface area (Å²) in [6.07, 6.45) is 3.10. The molecule has 3 nitrogen and oxygen atoms in total. The Balaban J connectivity index is 2.31. The fourth-order valence-corrected chi connectivity index (χ4v) is 2.48. The monoisotopic (exact) mass is 292 g/mol. The van der Waals surface area contributed by atoms with Gasteiger partial charge in [-0.3, -0.25) is 4.79 Å². The summed E-state index contributed by atoms with van der Waals surface area (Å²) >= 11 is 6.07. The number of halogens is 1. The summed E-state index contributed by atoms with van der Waals surface area (Å²) < 4.78 is 0. The molecule has 1 amide bonds. The topological polar surface area (TPSA) is 33.2 Å². The molecule has 0 saturated heterocycles. The number of carbonyl (C=O) groups is 1. The zero-order chi connectivity index (χ0) is 14.9. The van der Waals surface area contributed by atoms with E-state index in [0.717, 1.165) is 18.7 Å². The van der Waals surface area contributed by atoms with Crippen LogP contribution < -0.4 is 0 Å². The fraction of sp³-hybridized carbons (Fsp3) is 0.500. The third-order valence-electron chi connectivity index (χ3n) is 3.43. The van der Waals surface area contributed by atoms with Gasteiger partial charge in [-0.25, -0.2) is 4.98 Å². The van der Waals surface area contributed by atoms with E-state index in [1.54, 1.807) is 6.07 Å². The van der Waals surface area contributed by atoms with Crippen LogP contribution in [0, 0.1) is 0 Å². The molecular formula is C16H21ClN2O. The lowest BCUT2D eigenvalue weighted by Crippen LogP contribution is -2.35. The number of hydrogen-bond acceptors (Lipinski definition) is 2. The Morgan fingerprint density at radius 1 is 1.35 bits per heavy atom. The molecule has 0 radical (unpaired) electrons. The number of amides is 1. The van der Waals surface area contributed by atoms with Gasteiger partial charge in [0.1, 0.15) is 5.15 Å². The molecule has 0 saturated carbocycles. The second kappa shape index (κ2) is 5.57. The Morgan fingerprint density at radius 3 is 2.65 bits per heavy atom. The number of pyridine rings is 1. The van der Waals surface area contributed by atoms with Gasteiger partial charge in [0.05, 0.1) is 0 Å². The fourth-order valence-electron chi connectivity index (χ4n) is 2.27. The van der Waals surface area contributed by atoms with Gasteiger partial charge < -0.3 is 4.90 Å². The molecule has 0 atom stereocenters. The van der Waals surface area contributed by atoms with Crippen LogP contribution in [-0.2, 0) is 5.41 Å². The predicted octanol–water partition coefficient (Wildman–Crippen LogP) is 3.82. The summed E-state index contributed by atoms with van der Waals surface area (Å²) in [7, 11) is 0. The van der Waals surface area contributed by atoms with Crippen molar-refractivity contribution >= 4 is 17.5 Å². The van der Waals surface area contributed by atoms with Gasteiger partial charge in [0.25, 0.3) is 5.91 Å². The van der Waals surface area contributed by atoms with Crippen LogP contribution in [0.25, 0.3) is 0 Å². The second-order valence-electron chi connectivity index (χ2n) is 6.38. The molecule has 20 heavy (non-hydrogen) atoms. The first-order valence-corrected chi connectivity index (χ1v) is 7.28. The molecule has 4 heteroatoms. The highest BCUT2D eigenvalue weighted by atomic mass is 35.5. The molecule has 0 spiro atoms. The van der Waals surface area contributed by atoms with E-state index < -0.39 is 0 Å². The highest BCUT2D eigenvalue weighted by Crippen LogP contribution is 2.24. The SMILES string of the molecule is CC1=CCCN(C(=O)c2cc(Cl)nc(C(C)(C)C)c2)C1. The van der Waals surface area contributed by atoms with Gasteiger partial charge in [-0.15, -0.1) is 0 Å². The largest absolute Gasteiger partial charge is 0.334 e. The van der Waals surface area contributed by atoms with Crippen LogP contribution >= 0.6 is 11.6 Å². The van der Waals surface area contributed by atoms with Crippen molar-refractivity contribution in [2.75, 3.05) is 13.1 Å². The molecule has 1 aromatic rings. The number of nitrogens with zero attached hydrogens (tertiary/aromatic N) is 2. The van der Waals surface area contributed by atoms with Crippen molar-refractivity contribution in [2.45, 2.75) is 39.5 Å². The van der Waals surface area contributed by atoms with E-state index in [9.17, 15) is 4.79 Å². The Morgan fingerprint density at radius 2 is 2.05 bits per heavy atom. The zero-order valence-corrected chi connectivity index (χ0v) is 13.3. The number of hydrogen-bond donors (Lipinski definition) is 0. The van der Waals surface area contributed by atoms with E-state index in [-0.39, 0.29) is 11.3 Å². The number of aromatic nitrogens is 1. The number of carbonyl (C=O) groups excluding carboxylic acids is 1. The predicted molar refractivity (Wildman–Crippen MR) is 82.2 cm³/mol. The standard InChI is InChI=1S/C16H21ClN2O/c1-11-6-5-7-19(10-11)15(20)12-8-13(16(2,3)4)18-14(17)9-12/h6,8-9H,5,7,10H2,1-4H3. The van der Waals surface area contributed by atoms with Crippen LogP contribution in [0.1, 0.15) is 50.2 Å². The van der Waals surface area contributed by atoms with Crippen molar-refractivity contribution in [3.8, 4) is 0 Å². The van der Waals surface area contributed by atoms with Gasteiger partial charge in [0, 0.05) is 29.8 Å². The molecule has 0 bridgehead atoms. The quantitative estimate of drug-likeness (QED) is 0.582. The minimum absolute atomic E-state index is 0.0345. The molecule has 2 rings (SSSR count). The third-order valence-corrected chi connectivity index (χ3v) is 3.62. The van der Waals surface area contributed by atoms with Gasteiger partial charge >= 0.3 is 0 Å². The van der Waals surface area contributed by atoms with Crippen molar-refractivity contribution in [2.24, 2.45) is 0 Å². The molecule has 0 unspecified atom stereocenters. The first kappa shape index (κ1) is 15.0. The van der Waals surface area contributed by atoms with Crippen molar-refractivity contribution < 1.29 is 4.79 Å². The molecular weight excluding hydrogens is 272 g/mol. The van der Waals surface area contributed by atoms with Gasteiger partial charge in [0.2, 0.25) is 0 Å². The number of rotatable bonds is 1. The van der Waals surface area contributed by atoms with Gasteiger partial charge in [-0.05, 0) is 25.5 Å². The Hall–Kier alpha value is -1.35. The smallest absolute Gasteiger partial charge is 0.254 e. The van der Waals surface area contributed by atoms with Crippen molar-refractivity contribution in [1.29, 1.82) is 0 Å². The lowest BCUT2D eigenvalue weighted by molar-refractivity contribution is 0.0765. The molecule has 0 N–H and O–H groups in total. The lowest BCUT2D eigenvalue weighted by atomic mass is 9.90. The summed E-state index contributed by atoms with van der Waals surface area (Å²) in [6.45, 7) is 9.71. The lowest BCUT2D eigenvalue weighted by Gasteiger charge is -2.27. The first-order chi connectivity index (χ1) is 9.27. The van der Waals surface area contributed by atoms with E-state index in [0.29, 0.717) is 17.3 Å². The molecule has 2 heterocycles. The molecule has 1 aliphatic rings. The van der Waals surface area contributed by atoms with Crippen LogP contribution in [0.2, 0.25) is 5.15 Å². The van der Waals surface area contributed by atoms with Crippen LogP contribution in [0.5, 0.6) is 0 Å². The molecule has 1 aromatic heterocycles. The third kappa shape index (κ3) is 3.40. The molecule has 0 fully saturated rings. The van der Waals surface area contributed by atoms with Gasteiger partial charge in [0.15, 0.2) is 0 Å². The van der Waals surface area contributed by atoms with Crippen molar-refractivity contribution in [3.63, 3.8) is 0 Å². The summed E-state index contributed by atoms with van der Waals surface area (Å²) in [5, 5.41) is 0.380. The van der Waals surface area contributed by atoms with E-state index in [1.165, 1.54) is 5.57 Å². The first-order valence-electron chi connectivity index (χ1n) is 6.90. The van der Waals surface area contributed by atoms with E-state index in [1.807, 2.05) is 11.0 Å². The van der Waals surface area contributed by atoms with Crippen molar-refractivity contribution in [1.82, 2.24) is 9.88 Å². The van der Waals surface area contributed by atoms with Crippen LogP contribution in [0.3, 0.4) is 0 Å². The maximum atomic E-state index is 12.6. The van der Waals surface area contributed by atoms with Crippen LogP contribution in [-0.4, -0.2) is 28.9 Å². The summed E-state index contributed by atoms with van der Waals surface area (Å²) in [4.78, 5) is 18.8. The Kier molecular flexibility index (Phi) is 4.19. The average molecular weight is 293 g/mol. The highest BCUT2D eigenvalue weighted by molar-refractivity contribution is 6.29. The molecule has 108 valence electrons. The summed E-state index contributed by atoms with van der Waals surface area (Å²) in [5.41, 5.74) is 2.58. The molecule has 0 aromatic carbocycles. The highest BCUT2D eigenvalue weighted by Gasteiger charge is 2.22. The Labute approximate surface area is 125 Å². The summed E-state index contributed by atoms with van der Waals surface area (Å²) in [6, 6.07) is 3.52. The van der Waals surface area contributed by atoms with Crippen LogP contribution in [0.15, 0.2) is 23.8 Å². The maximum Gasteiger partial charge on any atom is 0.254 e. The second-order valence-corrected chi connectivity index (χ2v) is 6.77. The van der Waals surface area contributed by atoms with E-state index >= 15 is 0 Å². The van der Waals surface area contributed by atoms with Gasteiger partial charge in [-0.1, -0.05) is 44.0 Å². The van der Waals surface area contributed by atoms with E-state index in [4.69, 9.17) is 11.6 Å². The van der Waals surface area contributed by atoms with Crippen LogP contribution in [0.4, 0.5) is 0 Å². The normalized spacial score (nSPS) is 16.1. The summed E-state index contributed by atoms with van der Waals surface area (Å²) in [5.74, 6) is 0.0345. The minimum Gasteiger partial charge on any atom is -0.334 e. The van der Waals surface area contributed by atoms with E-state index in [2.05, 4.69) is 38.8 Å². The minimum atomic E-state index is -0.127.